The van der Waals surface area contributed by atoms with Crippen LogP contribution < -0.4 is 20.3 Å². The topological polar surface area (TPSA) is 159 Å². The van der Waals surface area contributed by atoms with E-state index in [4.69, 9.17) is 21.1 Å². The Labute approximate surface area is 305 Å². The van der Waals surface area contributed by atoms with Crippen LogP contribution in [-0.2, 0) is 11.8 Å². The molecule has 0 spiro atoms. The average molecular weight is 731 g/mol. The molecule has 0 atom stereocenters. The van der Waals surface area contributed by atoms with Crippen molar-refractivity contribution in [3.63, 3.8) is 0 Å². The molecule has 5 heterocycles. The number of nitrogens with zero attached hydrogens (tertiary/aromatic N) is 8. The molecule has 16 heteroatoms. The number of likely N-dealkylation sites (N-methyl/N-ethyl adjacent to an activating group) is 1. The highest BCUT2D eigenvalue weighted by Gasteiger charge is 2.29. The number of methoxy groups -OCH3 is 2. The number of piperidine rings is 1. The number of likely N-dealkylation sites (tertiary alicyclic amines) is 1. The number of anilines is 2. The lowest BCUT2D eigenvalue weighted by atomic mass is 10.00. The van der Waals surface area contributed by atoms with Crippen LogP contribution in [0.5, 0.6) is 11.5 Å². The molecule has 2 aliphatic heterocycles. The lowest BCUT2D eigenvalue weighted by Gasteiger charge is -2.33. The molecule has 0 saturated carbocycles. The zero-order valence-corrected chi connectivity index (χ0v) is 30.5. The Kier molecular flexibility index (Phi) is 10.4. The lowest BCUT2D eigenvalue weighted by molar-refractivity contribution is -0.880. The second-order valence-corrected chi connectivity index (χ2v) is 13.9. The third-order valence-corrected chi connectivity index (χ3v) is 9.70. The Morgan fingerprint density at radius 1 is 1.13 bits per heavy atom. The number of nitro groups is 1. The number of halogens is 1. The van der Waals surface area contributed by atoms with Gasteiger partial charge in [0, 0.05) is 85.8 Å². The van der Waals surface area contributed by atoms with Gasteiger partial charge in [-0.25, -0.2) is 4.98 Å². The number of nitrogens with one attached hydrogen (secondary N) is 1. The third kappa shape index (κ3) is 7.70. The smallest absolute Gasteiger partial charge is 0.368 e. The minimum Gasteiger partial charge on any atom is -0.497 e. The summed E-state index contributed by atoms with van der Waals surface area (Å²) in [6, 6.07) is 8.60. The van der Waals surface area contributed by atoms with Crippen LogP contribution in [0.2, 0.25) is 5.02 Å². The number of aromatic nitrogens is 4. The fourth-order valence-corrected chi connectivity index (χ4v) is 7.00. The Bertz CT molecular complexity index is 2180. The molecule has 0 unspecified atom stereocenters. The van der Waals surface area contributed by atoms with Gasteiger partial charge in [-0.05, 0) is 36.0 Å². The number of quaternary nitrogens is 1. The molecule has 1 amide bonds. The van der Waals surface area contributed by atoms with Crippen LogP contribution in [0, 0.1) is 10.1 Å². The van der Waals surface area contributed by atoms with Crippen LogP contribution >= 0.6 is 11.6 Å². The van der Waals surface area contributed by atoms with Crippen molar-refractivity contribution in [3.05, 3.63) is 91.8 Å². The summed E-state index contributed by atoms with van der Waals surface area (Å²) in [5, 5.41) is 19.9. The van der Waals surface area contributed by atoms with E-state index in [0.717, 1.165) is 5.39 Å². The molecule has 0 bridgehead atoms. The number of ether oxygens (including phenoxy) is 2. The maximum absolute atomic E-state index is 14.6. The van der Waals surface area contributed by atoms with Gasteiger partial charge in [-0.15, -0.1) is 0 Å². The van der Waals surface area contributed by atoms with Gasteiger partial charge in [-0.1, -0.05) is 16.6 Å². The summed E-state index contributed by atoms with van der Waals surface area (Å²) < 4.78 is 14.9. The number of fused-ring (bicyclic) bond motifs is 1. The number of hydrogen-bond acceptors (Lipinski definition) is 10. The van der Waals surface area contributed by atoms with E-state index in [1.165, 1.54) is 14.2 Å². The predicted molar refractivity (Wildman–Crippen MR) is 199 cm³/mol. The Balaban J connectivity index is 1.26. The van der Waals surface area contributed by atoms with Crippen LogP contribution in [0.4, 0.5) is 11.6 Å². The number of carbonyl (C=O) groups is 1. The molecule has 2 aliphatic rings. The van der Waals surface area contributed by atoms with Crippen molar-refractivity contribution in [1.29, 1.82) is 0 Å². The second kappa shape index (κ2) is 15.0. The highest BCUT2D eigenvalue weighted by atomic mass is 35.5. The van der Waals surface area contributed by atoms with Crippen LogP contribution in [-0.4, -0.2) is 100 Å². The van der Waals surface area contributed by atoms with Gasteiger partial charge in [0.1, 0.15) is 30.1 Å². The highest BCUT2D eigenvalue weighted by Crippen LogP contribution is 2.39. The Morgan fingerprint density at radius 2 is 1.90 bits per heavy atom. The molecule has 4 aromatic rings. The molecule has 52 heavy (non-hydrogen) atoms. The third-order valence-electron chi connectivity index (χ3n) is 9.31. The number of aliphatic imine (C=N–C) groups is 1. The van der Waals surface area contributed by atoms with E-state index in [9.17, 15) is 19.7 Å². The summed E-state index contributed by atoms with van der Waals surface area (Å²) in [7, 11) is 8.78. The van der Waals surface area contributed by atoms with E-state index in [1.54, 1.807) is 50.8 Å². The number of aryl methyl sites for hydroxylation is 1. The van der Waals surface area contributed by atoms with Crippen LogP contribution in [0.3, 0.4) is 0 Å². The van der Waals surface area contributed by atoms with E-state index in [1.807, 2.05) is 45.5 Å². The zero-order chi connectivity index (χ0) is 37.2. The molecule has 1 aromatic carbocycles. The van der Waals surface area contributed by atoms with Crippen molar-refractivity contribution < 1.29 is 23.7 Å². The monoisotopic (exact) mass is 730 g/mol. The van der Waals surface area contributed by atoms with Gasteiger partial charge in [-0.2, -0.15) is 5.10 Å². The number of hydrogen-bond donors (Lipinski definition) is 1. The molecule has 6 rings (SSSR count). The molecule has 272 valence electrons. The van der Waals surface area contributed by atoms with E-state index in [2.05, 4.69) is 20.4 Å². The summed E-state index contributed by atoms with van der Waals surface area (Å²) in [4.78, 5) is 49.0. The molecule has 3 aromatic heterocycles. The maximum Gasteiger partial charge on any atom is 0.368 e. The van der Waals surface area contributed by atoms with Gasteiger partial charge in [0.05, 0.1) is 51.0 Å². The first-order valence-corrected chi connectivity index (χ1v) is 17.2. The van der Waals surface area contributed by atoms with Gasteiger partial charge in [0.2, 0.25) is 5.91 Å². The molecule has 15 nitrogen and oxygen atoms in total. The molecule has 1 N–H and O–H groups in total. The molecular weight excluding hydrogens is 690 g/mol. The van der Waals surface area contributed by atoms with E-state index < -0.39 is 4.92 Å². The van der Waals surface area contributed by atoms with E-state index in [0.29, 0.717) is 95.3 Å². The normalized spacial score (nSPS) is 15.2. The van der Waals surface area contributed by atoms with Gasteiger partial charge in [0.25, 0.3) is 5.56 Å². The van der Waals surface area contributed by atoms with Crippen molar-refractivity contribution in [2.75, 3.05) is 59.8 Å². The number of carbonyl (C=O) groups excluding carboxylic acids is 1. The first-order chi connectivity index (χ1) is 24.9. The quantitative estimate of drug-likeness (QED) is 0.0919. The van der Waals surface area contributed by atoms with Crippen molar-refractivity contribution in [2.45, 2.75) is 25.3 Å². The van der Waals surface area contributed by atoms with Crippen LogP contribution in [0.25, 0.3) is 22.0 Å². The number of benzene rings is 1. The fraction of sp³-hybridized carbons (Fsp3) is 0.361. The first-order valence-electron chi connectivity index (χ1n) is 16.8. The maximum atomic E-state index is 14.6. The summed E-state index contributed by atoms with van der Waals surface area (Å²) >= 11 is 6.79. The molecule has 1 saturated heterocycles. The summed E-state index contributed by atoms with van der Waals surface area (Å²) in [5.74, 6) is 1.79. The van der Waals surface area contributed by atoms with Gasteiger partial charge < -0.3 is 38.9 Å². The van der Waals surface area contributed by atoms with Gasteiger partial charge >= 0.3 is 5.82 Å². The Hall–Kier alpha value is -5.54. The first kappa shape index (κ1) is 36.3. The van der Waals surface area contributed by atoms with Gasteiger partial charge in [-0.3, -0.25) is 14.3 Å². The van der Waals surface area contributed by atoms with Crippen molar-refractivity contribution in [1.82, 2.24) is 24.2 Å². The number of rotatable bonds is 12. The number of amides is 1. The largest absolute Gasteiger partial charge is 0.497 e. The zero-order valence-electron chi connectivity index (χ0n) is 29.7. The fourth-order valence-electron chi connectivity index (χ4n) is 6.71. The second-order valence-electron chi connectivity index (χ2n) is 13.5. The molecule has 0 radical (unpaired) electrons. The summed E-state index contributed by atoms with van der Waals surface area (Å²) in [6.45, 7) is 1.84. The van der Waals surface area contributed by atoms with Crippen LogP contribution in [0.15, 0.2) is 76.1 Å². The summed E-state index contributed by atoms with van der Waals surface area (Å²) in [6.07, 6.45) is 10.0. The average Bonchev–Trinajstić information content (AvgIpc) is 3.76. The highest BCUT2D eigenvalue weighted by molar-refractivity contribution is 6.35. The van der Waals surface area contributed by atoms with E-state index >= 15 is 0 Å². The van der Waals surface area contributed by atoms with Crippen molar-refractivity contribution >= 4 is 46.3 Å². The van der Waals surface area contributed by atoms with Crippen molar-refractivity contribution in [3.8, 4) is 22.6 Å². The SMILES string of the molecule is COc1cc(OC)c(Cl)c(-c2cc3cnc(Nc4ccn(C)n4)cc3n(C3CCN(C(=O)/C=C/C[N+](C)(C)CC4=C([N+](=O)[O-])N=CC4)CC3)c2=O)c1. The van der Waals surface area contributed by atoms with E-state index in [-0.39, 0.29) is 28.4 Å². The minimum atomic E-state index is -0.449. The summed E-state index contributed by atoms with van der Waals surface area (Å²) in [5.41, 5.74) is 1.95. The number of pyridine rings is 2. The Morgan fingerprint density at radius 3 is 2.58 bits per heavy atom. The van der Waals surface area contributed by atoms with Crippen molar-refractivity contribution in [2.24, 2.45) is 12.0 Å². The molecular formula is C36H41ClN9O6+. The lowest BCUT2D eigenvalue weighted by Crippen LogP contribution is -2.42. The van der Waals surface area contributed by atoms with Crippen LogP contribution in [0.1, 0.15) is 25.3 Å². The molecule has 0 aliphatic carbocycles. The minimum absolute atomic E-state index is 0.0881. The standard InChI is InChI=1S/C36H40ClN9O6/c1-42-13-11-31(41-42)40-32-20-29-24(21-39-32)17-28(27-18-26(51-4)19-30(52-5)34(27)37)36(48)44(29)25-9-14-43(15-10-25)33(47)7-6-16-46(2,3)22-23-8-12-38-35(23)45(49)50/h6-7,11-13,17-21,25H,8-10,14-16,22H2,1-5H3/p+1/b7-6+. The molecule has 1 fully saturated rings. The predicted octanol–water partition coefficient (Wildman–Crippen LogP) is 4.97. The van der Waals surface area contributed by atoms with Gasteiger partial charge in [0.15, 0.2) is 5.82 Å².